The van der Waals surface area contributed by atoms with Crippen molar-refractivity contribution in [1.29, 1.82) is 0 Å². The van der Waals surface area contributed by atoms with Gasteiger partial charge in [0.1, 0.15) is 0 Å². The number of hydrogen-bond acceptors (Lipinski definition) is 3. The maximum absolute atomic E-state index is 13.1. The summed E-state index contributed by atoms with van der Waals surface area (Å²) in [4.78, 5) is 11.0. The summed E-state index contributed by atoms with van der Waals surface area (Å²) in [5, 5.41) is 4.18. The second kappa shape index (κ2) is 5.55. The molecular formula is C14H12ClF3N2O2. The Labute approximate surface area is 128 Å². The topological polar surface area (TPSA) is 44.1 Å². The van der Waals surface area contributed by atoms with Gasteiger partial charge >= 0.3 is 6.18 Å². The number of benzene rings is 1. The second-order valence-corrected chi connectivity index (χ2v) is 5.49. The van der Waals surface area contributed by atoms with Gasteiger partial charge in [0.05, 0.1) is 22.3 Å². The minimum atomic E-state index is -4.67. The summed E-state index contributed by atoms with van der Waals surface area (Å²) in [5.41, 5.74) is -1.40. The molecule has 1 unspecified atom stereocenters. The number of ether oxygens (including phenoxy) is 1. The van der Waals surface area contributed by atoms with Crippen LogP contribution in [0.15, 0.2) is 12.3 Å². The van der Waals surface area contributed by atoms with Gasteiger partial charge in [0.15, 0.2) is 12.5 Å². The van der Waals surface area contributed by atoms with Crippen molar-refractivity contribution in [1.82, 2.24) is 9.78 Å². The molecule has 1 atom stereocenters. The third-order valence-corrected chi connectivity index (χ3v) is 4.14. The molecule has 0 saturated carbocycles. The summed E-state index contributed by atoms with van der Waals surface area (Å²) < 4.78 is 46.4. The van der Waals surface area contributed by atoms with E-state index in [1.807, 2.05) is 0 Å². The van der Waals surface area contributed by atoms with Crippen LogP contribution in [0.25, 0.3) is 10.9 Å². The van der Waals surface area contributed by atoms with Crippen molar-refractivity contribution in [3.8, 4) is 0 Å². The molecule has 0 bridgehead atoms. The first-order valence-corrected chi connectivity index (χ1v) is 7.15. The summed E-state index contributed by atoms with van der Waals surface area (Å²) in [6.07, 6.45) is -1.09. The highest BCUT2D eigenvalue weighted by molar-refractivity contribution is 6.38. The monoisotopic (exact) mass is 332 g/mol. The lowest BCUT2D eigenvalue weighted by atomic mass is 10.0. The fraction of sp³-hybridized carbons (Fsp3) is 0.429. The van der Waals surface area contributed by atoms with Gasteiger partial charge in [-0.15, -0.1) is 0 Å². The van der Waals surface area contributed by atoms with Crippen LogP contribution in [0.3, 0.4) is 0 Å². The molecule has 1 aliphatic heterocycles. The first-order valence-electron chi connectivity index (χ1n) is 6.77. The van der Waals surface area contributed by atoms with Crippen molar-refractivity contribution in [2.24, 2.45) is 0 Å². The Morgan fingerprint density at radius 3 is 2.77 bits per heavy atom. The number of rotatable bonds is 2. The SMILES string of the molecule is O=Cc1c(C(F)(F)F)cc2c(cnn2C2CCCCO2)c1Cl. The predicted molar refractivity (Wildman–Crippen MR) is 74.0 cm³/mol. The molecule has 2 aromatic rings. The van der Waals surface area contributed by atoms with Crippen LogP contribution in [0, 0.1) is 0 Å². The van der Waals surface area contributed by atoms with E-state index in [1.54, 1.807) is 0 Å². The predicted octanol–water partition coefficient (Wildman–Crippen LogP) is 4.22. The molecule has 1 fully saturated rings. The third-order valence-electron chi connectivity index (χ3n) is 3.73. The van der Waals surface area contributed by atoms with Crippen LogP contribution in [0.4, 0.5) is 13.2 Å². The molecule has 0 amide bonds. The van der Waals surface area contributed by atoms with E-state index in [-0.39, 0.29) is 16.8 Å². The maximum Gasteiger partial charge on any atom is 0.417 e. The van der Waals surface area contributed by atoms with E-state index in [2.05, 4.69) is 5.10 Å². The zero-order valence-corrected chi connectivity index (χ0v) is 12.1. The number of hydrogen-bond donors (Lipinski definition) is 0. The van der Waals surface area contributed by atoms with E-state index < -0.39 is 23.5 Å². The van der Waals surface area contributed by atoms with Crippen molar-refractivity contribution in [3.63, 3.8) is 0 Å². The van der Waals surface area contributed by atoms with Gasteiger partial charge in [-0.05, 0) is 25.3 Å². The molecule has 8 heteroatoms. The fourth-order valence-electron chi connectivity index (χ4n) is 2.66. The standard InChI is InChI=1S/C14H12ClF3N2O2/c15-13-8-6-19-20(12-3-1-2-4-22-12)11(8)5-10(9(13)7-21)14(16,17)18/h5-7,12H,1-4H2. The number of fused-ring (bicyclic) bond motifs is 1. The number of carbonyl (C=O) groups is 1. The normalized spacial score (nSPS) is 19.5. The molecule has 1 aliphatic rings. The van der Waals surface area contributed by atoms with E-state index in [0.717, 1.165) is 18.9 Å². The van der Waals surface area contributed by atoms with Crippen LogP contribution in [0.2, 0.25) is 5.02 Å². The zero-order valence-electron chi connectivity index (χ0n) is 11.4. The molecule has 22 heavy (non-hydrogen) atoms. The van der Waals surface area contributed by atoms with E-state index >= 15 is 0 Å². The number of carbonyl (C=O) groups excluding carboxylic acids is 1. The van der Waals surface area contributed by atoms with Gasteiger partial charge in [0.2, 0.25) is 0 Å². The molecule has 3 rings (SSSR count). The third kappa shape index (κ3) is 2.48. The second-order valence-electron chi connectivity index (χ2n) is 5.11. The minimum absolute atomic E-state index is 0.124. The summed E-state index contributed by atoms with van der Waals surface area (Å²) in [7, 11) is 0. The number of aromatic nitrogens is 2. The van der Waals surface area contributed by atoms with Crippen molar-refractivity contribution < 1.29 is 22.7 Å². The number of halogens is 4. The lowest BCUT2D eigenvalue weighted by Gasteiger charge is -2.23. The molecule has 0 N–H and O–H groups in total. The van der Waals surface area contributed by atoms with Crippen LogP contribution >= 0.6 is 11.6 Å². The van der Waals surface area contributed by atoms with Crippen molar-refractivity contribution in [2.45, 2.75) is 31.7 Å². The maximum atomic E-state index is 13.1. The Kier molecular flexibility index (Phi) is 3.86. The fourth-order valence-corrected chi connectivity index (χ4v) is 2.95. The highest BCUT2D eigenvalue weighted by Gasteiger charge is 2.36. The Hall–Kier alpha value is -1.60. The largest absolute Gasteiger partial charge is 0.417 e. The van der Waals surface area contributed by atoms with Gasteiger partial charge in [-0.1, -0.05) is 11.6 Å². The molecule has 1 saturated heterocycles. The summed E-state index contributed by atoms with van der Waals surface area (Å²) in [6, 6.07) is 0.913. The Bertz CT molecular complexity index is 721. The van der Waals surface area contributed by atoms with Crippen molar-refractivity contribution >= 4 is 28.8 Å². The zero-order chi connectivity index (χ0) is 15.9. The smallest absolute Gasteiger partial charge is 0.356 e. The van der Waals surface area contributed by atoms with Crippen LogP contribution in [0.5, 0.6) is 0 Å². The summed E-state index contributed by atoms with van der Waals surface area (Å²) in [6.45, 7) is 0.540. The van der Waals surface area contributed by atoms with Gasteiger partial charge in [-0.2, -0.15) is 18.3 Å². The molecule has 1 aromatic carbocycles. The summed E-state index contributed by atoms with van der Waals surface area (Å²) in [5.74, 6) is 0. The molecule has 0 radical (unpaired) electrons. The average Bonchev–Trinajstić information content (AvgIpc) is 2.91. The molecule has 0 aliphatic carbocycles. The van der Waals surface area contributed by atoms with E-state index in [4.69, 9.17) is 16.3 Å². The Morgan fingerprint density at radius 1 is 1.41 bits per heavy atom. The molecule has 0 spiro atoms. The number of aldehydes is 1. The molecular weight excluding hydrogens is 321 g/mol. The first kappa shape index (κ1) is 15.3. The van der Waals surface area contributed by atoms with E-state index in [0.29, 0.717) is 18.4 Å². The van der Waals surface area contributed by atoms with Crippen LogP contribution in [-0.4, -0.2) is 22.7 Å². The lowest BCUT2D eigenvalue weighted by Crippen LogP contribution is -2.19. The highest BCUT2D eigenvalue weighted by Crippen LogP contribution is 2.39. The summed E-state index contributed by atoms with van der Waals surface area (Å²) >= 11 is 5.98. The van der Waals surface area contributed by atoms with Gasteiger partial charge < -0.3 is 4.74 Å². The van der Waals surface area contributed by atoms with Crippen molar-refractivity contribution in [2.75, 3.05) is 6.61 Å². The minimum Gasteiger partial charge on any atom is -0.356 e. The van der Waals surface area contributed by atoms with Crippen molar-refractivity contribution in [3.05, 3.63) is 28.4 Å². The van der Waals surface area contributed by atoms with E-state index in [1.165, 1.54) is 10.9 Å². The highest BCUT2D eigenvalue weighted by atomic mass is 35.5. The number of nitrogens with zero attached hydrogens (tertiary/aromatic N) is 2. The van der Waals surface area contributed by atoms with Gasteiger partial charge in [0.25, 0.3) is 0 Å². The van der Waals surface area contributed by atoms with Gasteiger partial charge in [0, 0.05) is 17.6 Å². The van der Waals surface area contributed by atoms with Crippen LogP contribution in [-0.2, 0) is 10.9 Å². The van der Waals surface area contributed by atoms with Crippen LogP contribution < -0.4 is 0 Å². The molecule has 118 valence electrons. The lowest BCUT2D eigenvalue weighted by molar-refractivity contribution is -0.137. The molecule has 4 nitrogen and oxygen atoms in total. The quantitative estimate of drug-likeness (QED) is 0.773. The molecule has 2 heterocycles. The Balaban J connectivity index is 2.22. The van der Waals surface area contributed by atoms with Gasteiger partial charge in [-0.25, -0.2) is 4.68 Å². The van der Waals surface area contributed by atoms with Gasteiger partial charge in [-0.3, -0.25) is 4.79 Å². The first-order chi connectivity index (χ1) is 10.4. The molecule has 1 aromatic heterocycles. The Morgan fingerprint density at radius 2 is 2.18 bits per heavy atom. The number of alkyl halides is 3. The van der Waals surface area contributed by atoms with E-state index in [9.17, 15) is 18.0 Å². The average molecular weight is 333 g/mol. The van der Waals surface area contributed by atoms with Crippen LogP contribution in [0.1, 0.15) is 41.4 Å².